The van der Waals surface area contributed by atoms with Crippen LogP contribution < -0.4 is 10.1 Å². The summed E-state index contributed by atoms with van der Waals surface area (Å²) in [6, 6.07) is 14.0. The fraction of sp³-hybridized carbons (Fsp3) is 0.158. The zero-order chi connectivity index (χ0) is 17.8. The molecule has 3 rings (SSSR count). The number of carbonyl (C=O) groups is 1. The van der Waals surface area contributed by atoms with Crippen molar-refractivity contribution >= 4 is 17.5 Å². The van der Waals surface area contributed by atoms with E-state index in [1.165, 1.54) is 0 Å². The quantitative estimate of drug-likeness (QED) is 0.760. The van der Waals surface area contributed by atoms with E-state index in [4.69, 9.17) is 16.3 Å². The Balaban J connectivity index is 1.97. The molecular formula is C19H18ClN3O2. The Bertz CT molecular complexity index is 892. The number of imidazole rings is 1. The molecule has 0 radical (unpaired) electrons. The second kappa shape index (κ2) is 7.40. The second-order valence-corrected chi connectivity index (χ2v) is 6.03. The largest absolute Gasteiger partial charge is 0.497 e. The van der Waals surface area contributed by atoms with Crippen LogP contribution >= 0.6 is 11.6 Å². The van der Waals surface area contributed by atoms with Crippen molar-refractivity contribution in [3.8, 4) is 5.75 Å². The Morgan fingerprint density at radius 1 is 1.24 bits per heavy atom. The number of aromatic nitrogens is 2. The minimum atomic E-state index is -0.415. The number of nitrogens with zero attached hydrogens (tertiary/aromatic N) is 2. The highest BCUT2D eigenvalue weighted by Crippen LogP contribution is 2.25. The molecule has 0 spiro atoms. The van der Waals surface area contributed by atoms with Crippen LogP contribution in [0.5, 0.6) is 5.75 Å². The number of carbonyl (C=O) groups excluding carboxylic acids is 1. The molecule has 1 aromatic heterocycles. The van der Waals surface area contributed by atoms with Crippen molar-refractivity contribution in [2.75, 3.05) is 7.11 Å². The predicted molar refractivity (Wildman–Crippen MR) is 97.0 cm³/mol. The van der Waals surface area contributed by atoms with Crippen molar-refractivity contribution in [3.63, 3.8) is 0 Å². The molecule has 0 aliphatic heterocycles. The monoisotopic (exact) mass is 355 g/mol. The number of ether oxygens (including phenoxy) is 1. The topological polar surface area (TPSA) is 56.1 Å². The lowest BCUT2D eigenvalue weighted by Crippen LogP contribution is -2.31. The number of nitrogens with one attached hydrogen (secondary N) is 1. The third-order valence-electron chi connectivity index (χ3n) is 3.91. The molecule has 1 amide bonds. The lowest BCUT2D eigenvalue weighted by Gasteiger charge is -2.20. The summed E-state index contributed by atoms with van der Waals surface area (Å²) >= 11 is 5.99. The molecule has 1 unspecified atom stereocenters. The molecular weight excluding hydrogens is 338 g/mol. The Labute approximate surface area is 151 Å². The fourth-order valence-electron chi connectivity index (χ4n) is 2.62. The Morgan fingerprint density at radius 2 is 2.04 bits per heavy atom. The summed E-state index contributed by atoms with van der Waals surface area (Å²) in [6.45, 7) is 0. The zero-order valence-electron chi connectivity index (χ0n) is 13.9. The summed E-state index contributed by atoms with van der Waals surface area (Å²) in [7, 11) is 3.50. The fourth-order valence-corrected chi connectivity index (χ4v) is 2.81. The van der Waals surface area contributed by atoms with Gasteiger partial charge in [0.25, 0.3) is 5.91 Å². The highest BCUT2D eigenvalue weighted by atomic mass is 35.5. The summed E-state index contributed by atoms with van der Waals surface area (Å²) in [6.07, 6.45) is 3.54. The van der Waals surface area contributed by atoms with E-state index >= 15 is 0 Å². The number of rotatable bonds is 5. The number of methoxy groups -OCH3 is 1. The molecule has 3 aromatic rings. The minimum absolute atomic E-state index is 0.224. The summed E-state index contributed by atoms with van der Waals surface area (Å²) in [5.41, 5.74) is 1.37. The molecule has 1 heterocycles. The maximum Gasteiger partial charge on any atom is 0.252 e. The first-order chi connectivity index (χ1) is 12.1. The maximum atomic E-state index is 12.7. The number of halogens is 1. The molecule has 128 valence electrons. The standard InChI is InChI=1S/C19H18ClN3O2/c1-23-10-9-21-18(23)17(13-5-4-8-16(12-13)25-2)22-19(24)14-6-3-7-15(20)11-14/h3-12,17H,1-2H3,(H,22,24). The summed E-state index contributed by atoms with van der Waals surface area (Å²) in [5, 5.41) is 3.55. The summed E-state index contributed by atoms with van der Waals surface area (Å²) in [4.78, 5) is 17.1. The molecule has 0 fully saturated rings. The van der Waals surface area contributed by atoms with E-state index in [9.17, 15) is 4.79 Å². The molecule has 1 N–H and O–H groups in total. The molecule has 0 aliphatic carbocycles. The molecule has 0 saturated carbocycles. The van der Waals surface area contributed by atoms with Crippen molar-refractivity contribution in [2.24, 2.45) is 7.05 Å². The van der Waals surface area contributed by atoms with E-state index in [0.717, 1.165) is 11.4 Å². The number of aryl methyl sites for hydroxylation is 1. The van der Waals surface area contributed by atoms with Crippen molar-refractivity contribution in [3.05, 3.63) is 82.9 Å². The first kappa shape index (κ1) is 17.0. The first-order valence-electron chi connectivity index (χ1n) is 7.76. The third-order valence-corrected chi connectivity index (χ3v) is 4.14. The van der Waals surface area contributed by atoms with E-state index in [1.54, 1.807) is 37.6 Å². The molecule has 2 aromatic carbocycles. The van der Waals surface area contributed by atoms with Gasteiger partial charge in [-0.15, -0.1) is 0 Å². The van der Waals surface area contributed by atoms with Gasteiger partial charge in [-0.1, -0.05) is 29.8 Å². The van der Waals surface area contributed by atoms with E-state index in [1.807, 2.05) is 42.1 Å². The highest BCUT2D eigenvalue weighted by molar-refractivity contribution is 6.30. The van der Waals surface area contributed by atoms with Crippen molar-refractivity contribution in [2.45, 2.75) is 6.04 Å². The molecule has 1 atom stereocenters. The molecule has 0 bridgehead atoms. The van der Waals surface area contributed by atoms with E-state index in [0.29, 0.717) is 16.3 Å². The maximum absolute atomic E-state index is 12.7. The number of benzene rings is 2. The van der Waals surface area contributed by atoms with Crippen LogP contribution in [0.25, 0.3) is 0 Å². The Hall–Kier alpha value is -2.79. The van der Waals surface area contributed by atoms with Gasteiger partial charge < -0.3 is 14.6 Å². The molecule has 6 heteroatoms. The van der Waals surface area contributed by atoms with Gasteiger partial charge in [0.2, 0.25) is 0 Å². The first-order valence-corrected chi connectivity index (χ1v) is 8.14. The van der Waals surface area contributed by atoms with Crippen LogP contribution in [0.3, 0.4) is 0 Å². The van der Waals surface area contributed by atoms with Crippen LogP contribution in [0.2, 0.25) is 5.02 Å². The van der Waals surface area contributed by atoms with E-state index in [2.05, 4.69) is 10.3 Å². The SMILES string of the molecule is COc1cccc(C(NC(=O)c2cccc(Cl)c2)c2nccn2C)c1. The number of amides is 1. The highest BCUT2D eigenvalue weighted by Gasteiger charge is 2.22. The van der Waals surface area contributed by atoms with Gasteiger partial charge in [-0.05, 0) is 35.9 Å². The number of hydrogen-bond donors (Lipinski definition) is 1. The average molecular weight is 356 g/mol. The normalized spacial score (nSPS) is 11.8. The van der Waals surface area contributed by atoms with Crippen molar-refractivity contribution in [1.29, 1.82) is 0 Å². The van der Waals surface area contributed by atoms with Gasteiger partial charge in [0, 0.05) is 30.0 Å². The Kier molecular flexibility index (Phi) is 5.05. The lowest BCUT2D eigenvalue weighted by atomic mass is 10.0. The lowest BCUT2D eigenvalue weighted by molar-refractivity contribution is 0.0941. The van der Waals surface area contributed by atoms with Crippen LogP contribution in [0.4, 0.5) is 0 Å². The second-order valence-electron chi connectivity index (χ2n) is 5.59. The summed E-state index contributed by atoms with van der Waals surface area (Å²) < 4.78 is 7.18. The van der Waals surface area contributed by atoms with Gasteiger partial charge in [-0.25, -0.2) is 4.98 Å². The van der Waals surface area contributed by atoms with Crippen molar-refractivity contribution in [1.82, 2.24) is 14.9 Å². The van der Waals surface area contributed by atoms with Gasteiger partial charge in [0.15, 0.2) is 0 Å². The molecule has 25 heavy (non-hydrogen) atoms. The van der Waals surface area contributed by atoms with Crippen LogP contribution in [0, 0.1) is 0 Å². The predicted octanol–water partition coefficient (Wildman–Crippen LogP) is 3.60. The van der Waals surface area contributed by atoms with Gasteiger partial charge in [0.1, 0.15) is 17.6 Å². The molecule has 5 nitrogen and oxygen atoms in total. The van der Waals surface area contributed by atoms with Crippen LogP contribution in [-0.4, -0.2) is 22.6 Å². The van der Waals surface area contributed by atoms with Gasteiger partial charge in [-0.3, -0.25) is 4.79 Å². The molecule has 0 aliphatic rings. The minimum Gasteiger partial charge on any atom is -0.497 e. The van der Waals surface area contributed by atoms with Crippen LogP contribution in [-0.2, 0) is 7.05 Å². The van der Waals surface area contributed by atoms with Crippen LogP contribution in [0.15, 0.2) is 60.9 Å². The van der Waals surface area contributed by atoms with Crippen molar-refractivity contribution < 1.29 is 9.53 Å². The summed E-state index contributed by atoms with van der Waals surface area (Å²) in [5.74, 6) is 1.22. The Morgan fingerprint density at radius 3 is 2.72 bits per heavy atom. The third kappa shape index (κ3) is 3.83. The average Bonchev–Trinajstić information content (AvgIpc) is 3.05. The zero-order valence-corrected chi connectivity index (χ0v) is 14.7. The van der Waals surface area contributed by atoms with Gasteiger partial charge in [0.05, 0.1) is 7.11 Å². The van der Waals surface area contributed by atoms with Crippen LogP contribution in [0.1, 0.15) is 27.8 Å². The molecule has 0 saturated heterocycles. The van der Waals surface area contributed by atoms with E-state index < -0.39 is 6.04 Å². The smallest absolute Gasteiger partial charge is 0.252 e. The number of hydrogen-bond acceptors (Lipinski definition) is 3. The van der Waals surface area contributed by atoms with Gasteiger partial charge in [-0.2, -0.15) is 0 Å². The van der Waals surface area contributed by atoms with Gasteiger partial charge >= 0.3 is 0 Å². The van der Waals surface area contributed by atoms with E-state index in [-0.39, 0.29) is 5.91 Å².